The van der Waals surface area contributed by atoms with Crippen LogP contribution < -0.4 is 11.1 Å². The summed E-state index contributed by atoms with van der Waals surface area (Å²) in [7, 11) is 0. The molecule has 1 saturated heterocycles. The van der Waals surface area contributed by atoms with Crippen LogP contribution in [0.25, 0.3) is 16.9 Å². The maximum absolute atomic E-state index is 11.9. The summed E-state index contributed by atoms with van der Waals surface area (Å²) >= 11 is 15.8. The Morgan fingerprint density at radius 1 is 1.13 bits per heavy atom. The molecule has 0 saturated carbocycles. The number of rotatable bonds is 4. The molecule has 2 aromatic carbocycles. The molecule has 0 unspecified atom stereocenters. The van der Waals surface area contributed by atoms with Crippen LogP contribution in [0.2, 0.25) is 10.0 Å². The summed E-state index contributed by atoms with van der Waals surface area (Å²) in [6.07, 6.45) is 4.82. The average Bonchev–Trinajstić information content (AvgIpc) is 3.15. The van der Waals surface area contributed by atoms with E-state index in [9.17, 15) is 4.79 Å². The number of piperidine rings is 1. The summed E-state index contributed by atoms with van der Waals surface area (Å²) in [5.41, 5.74) is 8.88. The lowest BCUT2D eigenvalue weighted by atomic mass is 10.0. The van der Waals surface area contributed by atoms with E-state index in [1.54, 1.807) is 22.9 Å². The molecule has 1 fully saturated rings. The highest BCUT2D eigenvalue weighted by Crippen LogP contribution is 2.33. The summed E-state index contributed by atoms with van der Waals surface area (Å²) in [6, 6.07) is 12.9. The number of primary amides is 1. The first-order valence-electron chi connectivity index (χ1n) is 10.3. The van der Waals surface area contributed by atoms with Gasteiger partial charge in [-0.2, -0.15) is 5.10 Å². The molecule has 1 aliphatic rings. The van der Waals surface area contributed by atoms with Gasteiger partial charge < -0.3 is 11.1 Å². The summed E-state index contributed by atoms with van der Waals surface area (Å²) in [4.78, 5) is 11.9. The van der Waals surface area contributed by atoms with Crippen molar-refractivity contribution in [1.29, 1.82) is 0 Å². The molecule has 31 heavy (non-hydrogen) atoms. The molecule has 3 aromatic rings. The van der Waals surface area contributed by atoms with Crippen molar-refractivity contribution in [3.05, 3.63) is 68.2 Å². The number of aromatic nitrogens is 2. The van der Waals surface area contributed by atoms with Gasteiger partial charge in [0.1, 0.15) is 0 Å². The van der Waals surface area contributed by atoms with Crippen LogP contribution in [0.1, 0.15) is 42.2 Å². The fraction of sp³-hybridized carbons (Fsp3) is 0.304. The number of hydrogen-bond acceptors (Lipinski definition) is 3. The third-order valence-corrected chi connectivity index (χ3v) is 6.10. The molecule has 1 amide bonds. The van der Waals surface area contributed by atoms with Crippen LogP contribution in [0.3, 0.4) is 0 Å². The zero-order valence-electron chi connectivity index (χ0n) is 17.3. The number of nitrogens with zero attached hydrogens (tertiary/aromatic N) is 2. The summed E-state index contributed by atoms with van der Waals surface area (Å²) in [5, 5.41) is 8.69. The van der Waals surface area contributed by atoms with E-state index in [4.69, 9.17) is 28.9 Å². The Morgan fingerprint density at radius 3 is 2.29 bits per heavy atom. The summed E-state index contributed by atoms with van der Waals surface area (Å²) < 4.78 is 2.61. The van der Waals surface area contributed by atoms with E-state index < -0.39 is 5.91 Å². The lowest BCUT2D eigenvalue weighted by Gasteiger charge is -2.11. The normalized spacial score (nSPS) is 13.4. The monoisotopic (exact) mass is 522 g/mol. The molecule has 1 aliphatic heterocycles. The van der Waals surface area contributed by atoms with E-state index >= 15 is 0 Å². The fourth-order valence-electron chi connectivity index (χ4n) is 3.52. The van der Waals surface area contributed by atoms with E-state index in [0.717, 1.165) is 21.3 Å². The number of nitrogens with two attached hydrogens (primary N) is 1. The zero-order chi connectivity index (χ0) is 22.4. The number of hydrogen-bond donors (Lipinski definition) is 2. The van der Waals surface area contributed by atoms with Gasteiger partial charge >= 0.3 is 0 Å². The molecule has 0 radical (unpaired) electrons. The van der Waals surface area contributed by atoms with Gasteiger partial charge in [0.05, 0.1) is 16.4 Å². The first-order valence-corrected chi connectivity index (χ1v) is 11.8. The number of benzene rings is 2. The van der Waals surface area contributed by atoms with E-state index in [0.29, 0.717) is 22.2 Å². The second kappa shape index (κ2) is 11.1. The molecule has 164 valence electrons. The van der Waals surface area contributed by atoms with Crippen molar-refractivity contribution in [3.63, 3.8) is 0 Å². The Labute approximate surface area is 201 Å². The van der Waals surface area contributed by atoms with Crippen LogP contribution in [0, 0.1) is 0 Å². The molecule has 4 rings (SSSR count). The third-order valence-electron chi connectivity index (χ3n) is 5.03. The van der Waals surface area contributed by atoms with Gasteiger partial charge in [-0.15, -0.1) is 0 Å². The number of amides is 1. The van der Waals surface area contributed by atoms with Gasteiger partial charge in [-0.25, -0.2) is 4.68 Å². The van der Waals surface area contributed by atoms with Crippen molar-refractivity contribution in [2.45, 2.75) is 32.6 Å². The summed E-state index contributed by atoms with van der Waals surface area (Å²) in [5.74, 6) is -0.570. The van der Waals surface area contributed by atoms with Gasteiger partial charge in [-0.1, -0.05) is 64.6 Å². The van der Waals surface area contributed by atoms with Gasteiger partial charge in [-0.05, 0) is 62.7 Å². The molecule has 0 aliphatic carbocycles. The minimum absolute atomic E-state index is 0.242. The number of nitrogens with one attached hydrogen (secondary N) is 1. The highest BCUT2D eigenvalue weighted by Gasteiger charge is 2.23. The largest absolute Gasteiger partial charge is 0.364 e. The number of carbonyl (C=O) groups excluding carboxylic acids is 1. The van der Waals surface area contributed by atoms with Crippen molar-refractivity contribution in [2.24, 2.45) is 5.73 Å². The van der Waals surface area contributed by atoms with Crippen molar-refractivity contribution < 1.29 is 4.79 Å². The predicted molar refractivity (Wildman–Crippen MR) is 131 cm³/mol. The van der Waals surface area contributed by atoms with Crippen molar-refractivity contribution in [2.75, 3.05) is 13.1 Å². The van der Waals surface area contributed by atoms with Crippen molar-refractivity contribution in [1.82, 2.24) is 15.1 Å². The van der Waals surface area contributed by atoms with Gasteiger partial charge in [-0.3, -0.25) is 4.79 Å². The Kier molecular flexibility index (Phi) is 8.55. The smallest absolute Gasteiger partial charge is 0.269 e. The first-order chi connectivity index (χ1) is 14.9. The SMILES string of the molecule is C1CCNCC1.CCc1c(C(N)=O)nn(-c2ccc(Cl)cc2Cl)c1-c1ccc(Br)cc1. The van der Waals surface area contributed by atoms with Crippen LogP contribution in [0.15, 0.2) is 46.9 Å². The molecule has 0 atom stereocenters. The fourth-order valence-corrected chi connectivity index (χ4v) is 4.27. The van der Waals surface area contributed by atoms with E-state index in [-0.39, 0.29) is 5.69 Å². The first kappa shape index (κ1) is 23.8. The van der Waals surface area contributed by atoms with Crippen LogP contribution in [-0.4, -0.2) is 28.8 Å². The quantitative estimate of drug-likeness (QED) is 0.438. The maximum Gasteiger partial charge on any atom is 0.269 e. The molecular weight excluding hydrogens is 499 g/mol. The molecule has 2 heterocycles. The molecule has 8 heteroatoms. The Morgan fingerprint density at radius 2 is 1.81 bits per heavy atom. The second-order valence-electron chi connectivity index (χ2n) is 7.22. The average molecular weight is 524 g/mol. The van der Waals surface area contributed by atoms with Gasteiger partial charge in [0.25, 0.3) is 5.91 Å². The Bertz CT molecular complexity index is 1030. The van der Waals surface area contributed by atoms with E-state index in [2.05, 4.69) is 26.3 Å². The van der Waals surface area contributed by atoms with Crippen LogP contribution in [0.4, 0.5) is 0 Å². The van der Waals surface area contributed by atoms with E-state index in [1.807, 2.05) is 31.2 Å². The standard InChI is InChI=1S/C18H14BrCl2N3O.C5H11N/c1-2-13-16(18(22)25)23-24(15-8-7-12(20)9-14(15)21)17(13)10-3-5-11(19)6-4-10;1-2-4-6-5-3-1/h3-9H,2H2,1H3,(H2,22,25);6H,1-5H2. The molecule has 0 bridgehead atoms. The van der Waals surface area contributed by atoms with Gasteiger partial charge in [0.2, 0.25) is 0 Å². The highest BCUT2D eigenvalue weighted by molar-refractivity contribution is 9.10. The highest BCUT2D eigenvalue weighted by atomic mass is 79.9. The number of carbonyl (C=O) groups is 1. The molecule has 1 aromatic heterocycles. The summed E-state index contributed by atoms with van der Waals surface area (Å²) in [6.45, 7) is 4.46. The van der Waals surface area contributed by atoms with Crippen LogP contribution in [0.5, 0.6) is 0 Å². The maximum atomic E-state index is 11.9. The second-order valence-corrected chi connectivity index (χ2v) is 8.98. The van der Waals surface area contributed by atoms with E-state index in [1.165, 1.54) is 32.4 Å². The molecule has 3 N–H and O–H groups in total. The van der Waals surface area contributed by atoms with Crippen molar-refractivity contribution >= 4 is 45.0 Å². The van der Waals surface area contributed by atoms with Gasteiger partial charge in [0, 0.05) is 20.6 Å². The van der Waals surface area contributed by atoms with Gasteiger partial charge in [0.15, 0.2) is 5.69 Å². The van der Waals surface area contributed by atoms with Crippen molar-refractivity contribution in [3.8, 4) is 16.9 Å². The minimum atomic E-state index is -0.570. The Balaban J connectivity index is 0.000000391. The molecular formula is C23H25BrCl2N4O. The number of halogens is 3. The lowest BCUT2D eigenvalue weighted by molar-refractivity contribution is 0.0994. The molecule has 0 spiro atoms. The minimum Gasteiger partial charge on any atom is -0.364 e. The predicted octanol–water partition coefficient (Wildman–Crippen LogP) is 6.03. The Hall–Kier alpha value is -1.86. The molecule has 5 nitrogen and oxygen atoms in total. The van der Waals surface area contributed by atoms with Crippen LogP contribution >= 0.6 is 39.1 Å². The van der Waals surface area contributed by atoms with Crippen LogP contribution in [-0.2, 0) is 6.42 Å². The lowest BCUT2D eigenvalue weighted by Crippen LogP contribution is -2.21. The zero-order valence-corrected chi connectivity index (χ0v) is 20.4. The topological polar surface area (TPSA) is 72.9 Å². The third kappa shape index (κ3) is 5.89.